The summed E-state index contributed by atoms with van der Waals surface area (Å²) in [6.07, 6.45) is 2.95. The van der Waals surface area contributed by atoms with Crippen molar-refractivity contribution in [3.63, 3.8) is 0 Å². The van der Waals surface area contributed by atoms with Gasteiger partial charge in [0.1, 0.15) is 0 Å². The first kappa shape index (κ1) is 16.0. The number of rotatable bonds is 3. The molecule has 0 aliphatic carbocycles. The number of urea groups is 1. The van der Waals surface area contributed by atoms with E-state index >= 15 is 0 Å². The zero-order chi connectivity index (χ0) is 17.1. The van der Waals surface area contributed by atoms with Crippen LogP contribution in [-0.4, -0.2) is 28.9 Å². The number of hydrogen-bond acceptors (Lipinski definition) is 3. The van der Waals surface area contributed by atoms with Gasteiger partial charge in [0, 0.05) is 31.0 Å². The highest BCUT2D eigenvalue weighted by molar-refractivity contribution is 5.95. The van der Waals surface area contributed by atoms with E-state index in [4.69, 9.17) is 0 Å². The number of fused-ring (bicyclic) bond motifs is 1. The van der Waals surface area contributed by atoms with Gasteiger partial charge in [-0.3, -0.25) is 9.78 Å². The maximum Gasteiger partial charge on any atom is 0.321 e. The average molecular weight is 324 g/mol. The molecule has 2 heterocycles. The Morgan fingerprint density at radius 1 is 1.29 bits per heavy atom. The molecule has 1 aromatic carbocycles. The van der Waals surface area contributed by atoms with Crippen LogP contribution in [0.15, 0.2) is 36.5 Å². The Morgan fingerprint density at radius 3 is 2.88 bits per heavy atom. The molecule has 1 aliphatic rings. The summed E-state index contributed by atoms with van der Waals surface area (Å²) >= 11 is 0. The molecule has 0 saturated carbocycles. The lowest BCUT2D eigenvalue weighted by Crippen LogP contribution is -2.31. The predicted molar refractivity (Wildman–Crippen MR) is 92.9 cm³/mol. The maximum absolute atomic E-state index is 12.3. The molecular weight excluding hydrogens is 304 g/mol. The maximum atomic E-state index is 12.3. The SMILES string of the molecule is Cc1ccc(CN(C)C(=O)Nc2ccc3c(c2)CCC(=O)N3)nc1. The first-order chi connectivity index (χ1) is 11.5. The van der Waals surface area contributed by atoms with Gasteiger partial charge in [0.2, 0.25) is 5.91 Å². The van der Waals surface area contributed by atoms with Crippen molar-refractivity contribution < 1.29 is 9.59 Å². The number of aromatic nitrogens is 1. The summed E-state index contributed by atoms with van der Waals surface area (Å²) in [5, 5.41) is 5.71. The molecule has 6 heteroatoms. The molecule has 2 N–H and O–H groups in total. The molecule has 3 amide bonds. The summed E-state index contributed by atoms with van der Waals surface area (Å²) in [4.78, 5) is 29.6. The normalized spacial score (nSPS) is 13.0. The monoisotopic (exact) mass is 324 g/mol. The Labute approximate surface area is 140 Å². The second-order valence-corrected chi connectivity index (χ2v) is 6.03. The van der Waals surface area contributed by atoms with Crippen LogP contribution in [0.4, 0.5) is 16.2 Å². The molecule has 1 aliphatic heterocycles. The number of nitrogens with one attached hydrogen (secondary N) is 2. The summed E-state index contributed by atoms with van der Waals surface area (Å²) in [6, 6.07) is 9.22. The van der Waals surface area contributed by atoms with Gasteiger partial charge in [0.25, 0.3) is 0 Å². The molecule has 124 valence electrons. The number of carbonyl (C=O) groups is 2. The largest absolute Gasteiger partial charge is 0.326 e. The third-order valence-electron chi connectivity index (χ3n) is 3.97. The van der Waals surface area contributed by atoms with Gasteiger partial charge in [-0.05, 0) is 48.7 Å². The van der Waals surface area contributed by atoms with Crippen molar-refractivity contribution in [1.82, 2.24) is 9.88 Å². The van der Waals surface area contributed by atoms with Crippen LogP contribution >= 0.6 is 0 Å². The van der Waals surface area contributed by atoms with Crippen LogP contribution in [0.2, 0.25) is 0 Å². The number of amides is 3. The van der Waals surface area contributed by atoms with E-state index in [1.165, 1.54) is 0 Å². The standard InChI is InChI=1S/C18H20N4O2/c1-12-3-5-15(19-10-12)11-22(2)18(24)20-14-6-7-16-13(9-14)4-8-17(23)21-16/h3,5-7,9-10H,4,8,11H2,1-2H3,(H,20,24)(H,21,23). The van der Waals surface area contributed by atoms with Gasteiger partial charge in [-0.1, -0.05) is 6.07 Å². The van der Waals surface area contributed by atoms with Crippen molar-refractivity contribution in [3.8, 4) is 0 Å². The minimum Gasteiger partial charge on any atom is -0.326 e. The van der Waals surface area contributed by atoms with E-state index in [-0.39, 0.29) is 11.9 Å². The van der Waals surface area contributed by atoms with Crippen molar-refractivity contribution in [3.05, 3.63) is 53.3 Å². The molecule has 24 heavy (non-hydrogen) atoms. The zero-order valence-corrected chi connectivity index (χ0v) is 13.8. The molecule has 0 fully saturated rings. The van der Waals surface area contributed by atoms with E-state index in [0.29, 0.717) is 19.4 Å². The lowest BCUT2D eigenvalue weighted by Gasteiger charge is -2.20. The van der Waals surface area contributed by atoms with Crippen LogP contribution in [-0.2, 0) is 17.8 Å². The zero-order valence-electron chi connectivity index (χ0n) is 13.8. The molecule has 2 aromatic rings. The lowest BCUT2D eigenvalue weighted by atomic mass is 10.0. The highest BCUT2D eigenvalue weighted by Crippen LogP contribution is 2.25. The fourth-order valence-corrected chi connectivity index (χ4v) is 2.59. The quantitative estimate of drug-likeness (QED) is 0.911. The highest BCUT2D eigenvalue weighted by atomic mass is 16.2. The minimum atomic E-state index is -0.197. The molecule has 1 aromatic heterocycles. The van der Waals surface area contributed by atoms with Gasteiger partial charge in [-0.2, -0.15) is 0 Å². The van der Waals surface area contributed by atoms with Crippen LogP contribution in [0, 0.1) is 6.92 Å². The molecule has 0 unspecified atom stereocenters. The number of hydrogen-bond donors (Lipinski definition) is 2. The summed E-state index contributed by atoms with van der Waals surface area (Å²) in [5.41, 5.74) is 4.51. The van der Waals surface area contributed by atoms with Gasteiger partial charge in [0.05, 0.1) is 12.2 Å². The number of carbonyl (C=O) groups excluding carboxylic acids is 2. The number of anilines is 2. The van der Waals surface area contributed by atoms with Gasteiger partial charge >= 0.3 is 6.03 Å². The fraction of sp³-hybridized carbons (Fsp3) is 0.278. The smallest absolute Gasteiger partial charge is 0.321 e. The summed E-state index contributed by atoms with van der Waals surface area (Å²) in [7, 11) is 1.73. The van der Waals surface area contributed by atoms with Crippen molar-refractivity contribution in [2.75, 3.05) is 17.7 Å². The molecular formula is C18H20N4O2. The van der Waals surface area contributed by atoms with Gasteiger partial charge < -0.3 is 15.5 Å². The summed E-state index contributed by atoms with van der Waals surface area (Å²) in [6.45, 7) is 2.42. The van der Waals surface area contributed by atoms with Crippen LogP contribution in [0.25, 0.3) is 0 Å². The average Bonchev–Trinajstić information content (AvgIpc) is 2.57. The Balaban J connectivity index is 1.63. The molecule has 0 saturated heterocycles. The van der Waals surface area contributed by atoms with Crippen LogP contribution in [0.3, 0.4) is 0 Å². The second kappa shape index (κ2) is 6.70. The molecule has 0 bridgehead atoms. The van der Waals surface area contributed by atoms with Crippen molar-refractivity contribution in [2.24, 2.45) is 0 Å². The first-order valence-electron chi connectivity index (χ1n) is 7.88. The lowest BCUT2D eigenvalue weighted by molar-refractivity contribution is -0.116. The van der Waals surface area contributed by atoms with Gasteiger partial charge in [-0.15, -0.1) is 0 Å². The van der Waals surface area contributed by atoms with Crippen LogP contribution in [0.5, 0.6) is 0 Å². The number of benzene rings is 1. The number of aryl methyl sites for hydroxylation is 2. The third-order valence-corrected chi connectivity index (χ3v) is 3.97. The first-order valence-corrected chi connectivity index (χ1v) is 7.88. The molecule has 3 rings (SSSR count). The molecule has 0 atom stereocenters. The van der Waals surface area contributed by atoms with Gasteiger partial charge in [0.15, 0.2) is 0 Å². The van der Waals surface area contributed by atoms with Crippen LogP contribution in [0.1, 0.15) is 23.2 Å². The minimum absolute atomic E-state index is 0.0321. The van der Waals surface area contributed by atoms with E-state index in [1.807, 2.05) is 31.2 Å². The second-order valence-electron chi connectivity index (χ2n) is 6.03. The summed E-state index contributed by atoms with van der Waals surface area (Å²) in [5.74, 6) is 0.0321. The van der Waals surface area contributed by atoms with E-state index < -0.39 is 0 Å². The Morgan fingerprint density at radius 2 is 2.12 bits per heavy atom. The third kappa shape index (κ3) is 3.71. The number of pyridine rings is 1. The Kier molecular flexibility index (Phi) is 4.46. The molecule has 0 radical (unpaired) electrons. The van der Waals surface area contributed by atoms with Crippen molar-refractivity contribution in [1.29, 1.82) is 0 Å². The topological polar surface area (TPSA) is 74.3 Å². The van der Waals surface area contributed by atoms with Crippen molar-refractivity contribution >= 4 is 23.3 Å². The van der Waals surface area contributed by atoms with E-state index in [9.17, 15) is 9.59 Å². The Bertz CT molecular complexity index is 771. The van der Waals surface area contributed by atoms with Gasteiger partial charge in [-0.25, -0.2) is 4.79 Å². The molecule has 6 nitrogen and oxygen atoms in total. The number of nitrogens with zero attached hydrogens (tertiary/aromatic N) is 2. The highest BCUT2D eigenvalue weighted by Gasteiger charge is 2.16. The van der Waals surface area contributed by atoms with E-state index in [0.717, 1.165) is 28.2 Å². The van der Waals surface area contributed by atoms with Crippen molar-refractivity contribution in [2.45, 2.75) is 26.3 Å². The fourth-order valence-electron chi connectivity index (χ4n) is 2.59. The van der Waals surface area contributed by atoms with E-state index in [1.54, 1.807) is 24.2 Å². The predicted octanol–water partition coefficient (Wildman–Crippen LogP) is 2.94. The molecule has 0 spiro atoms. The van der Waals surface area contributed by atoms with Crippen LogP contribution < -0.4 is 10.6 Å². The Hall–Kier alpha value is -2.89. The summed E-state index contributed by atoms with van der Waals surface area (Å²) < 4.78 is 0. The van der Waals surface area contributed by atoms with E-state index in [2.05, 4.69) is 15.6 Å².